The Morgan fingerprint density at radius 2 is 2.10 bits per heavy atom. The van der Waals surface area contributed by atoms with E-state index in [0.29, 0.717) is 17.1 Å². The molecule has 1 heterocycles. The molecule has 1 N–H and O–H groups in total. The van der Waals surface area contributed by atoms with Gasteiger partial charge in [0.25, 0.3) is 0 Å². The molecule has 20 heavy (non-hydrogen) atoms. The summed E-state index contributed by atoms with van der Waals surface area (Å²) >= 11 is 6.03. The molecule has 1 aromatic carbocycles. The van der Waals surface area contributed by atoms with E-state index >= 15 is 0 Å². The first-order valence-electron chi connectivity index (χ1n) is 6.09. The Bertz CT molecular complexity index is 598. The van der Waals surface area contributed by atoms with Crippen molar-refractivity contribution in [1.29, 1.82) is 0 Å². The van der Waals surface area contributed by atoms with Crippen molar-refractivity contribution in [2.24, 2.45) is 0 Å². The number of rotatable bonds is 5. The van der Waals surface area contributed by atoms with Crippen LogP contribution in [0.15, 0.2) is 28.7 Å². The number of aromatic nitrogens is 2. The number of amides is 1. The fourth-order valence-electron chi connectivity index (χ4n) is 1.53. The van der Waals surface area contributed by atoms with Gasteiger partial charge >= 0.3 is 11.8 Å². The molecule has 0 saturated heterocycles. The van der Waals surface area contributed by atoms with Crippen LogP contribution < -0.4 is 5.32 Å². The summed E-state index contributed by atoms with van der Waals surface area (Å²) in [6, 6.07) is 7.08. The van der Waals surface area contributed by atoms with E-state index in [0.717, 1.165) is 6.54 Å². The predicted octanol–water partition coefficient (Wildman–Crippen LogP) is 1.68. The van der Waals surface area contributed by atoms with Crippen molar-refractivity contribution in [2.75, 3.05) is 27.2 Å². The zero-order valence-corrected chi connectivity index (χ0v) is 12.0. The van der Waals surface area contributed by atoms with E-state index in [2.05, 4.69) is 15.5 Å². The van der Waals surface area contributed by atoms with Gasteiger partial charge < -0.3 is 14.6 Å². The minimum atomic E-state index is -0.391. The molecule has 0 atom stereocenters. The number of nitrogens with zero attached hydrogens (tertiary/aromatic N) is 3. The average Bonchev–Trinajstić information content (AvgIpc) is 2.88. The van der Waals surface area contributed by atoms with Gasteiger partial charge in [0.15, 0.2) is 0 Å². The maximum atomic E-state index is 11.8. The van der Waals surface area contributed by atoms with Crippen LogP contribution in [0.2, 0.25) is 5.02 Å². The Morgan fingerprint density at radius 3 is 2.80 bits per heavy atom. The van der Waals surface area contributed by atoms with E-state index in [1.165, 1.54) is 0 Å². The normalized spacial score (nSPS) is 10.8. The van der Waals surface area contributed by atoms with E-state index in [1.54, 1.807) is 18.2 Å². The van der Waals surface area contributed by atoms with Crippen LogP contribution in [0.5, 0.6) is 0 Å². The molecular formula is C13H15ClN4O2. The molecule has 7 heteroatoms. The van der Waals surface area contributed by atoms with Gasteiger partial charge in [0.1, 0.15) is 0 Å². The van der Waals surface area contributed by atoms with Gasteiger partial charge in [-0.15, -0.1) is 10.2 Å². The highest BCUT2D eigenvalue weighted by atomic mass is 35.5. The van der Waals surface area contributed by atoms with Crippen molar-refractivity contribution in [3.63, 3.8) is 0 Å². The largest absolute Gasteiger partial charge is 0.412 e. The van der Waals surface area contributed by atoms with Crippen LogP contribution in [-0.4, -0.2) is 48.2 Å². The summed E-state index contributed by atoms with van der Waals surface area (Å²) in [5.74, 6) is -0.232. The molecule has 106 valence electrons. The number of carbonyl (C=O) groups excluding carboxylic acids is 1. The Morgan fingerprint density at radius 1 is 1.35 bits per heavy atom. The van der Waals surface area contributed by atoms with Gasteiger partial charge in [-0.2, -0.15) is 0 Å². The average molecular weight is 295 g/mol. The minimum Gasteiger partial charge on any atom is -0.412 e. The lowest BCUT2D eigenvalue weighted by Gasteiger charge is -2.08. The van der Waals surface area contributed by atoms with Gasteiger partial charge in [0.2, 0.25) is 5.89 Å². The SMILES string of the molecule is CN(C)CCNC(=O)c1nnc(-c2ccccc2Cl)o1. The van der Waals surface area contributed by atoms with Gasteiger partial charge in [-0.25, -0.2) is 0 Å². The third-order valence-corrected chi connectivity index (χ3v) is 2.90. The van der Waals surface area contributed by atoms with Crippen molar-refractivity contribution in [2.45, 2.75) is 0 Å². The molecule has 2 aromatic rings. The van der Waals surface area contributed by atoms with Gasteiger partial charge in [0.05, 0.1) is 10.6 Å². The number of likely N-dealkylation sites (N-methyl/N-ethyl adjacent to an activating group) is 1. The number of benzene rings is 1. The molecule has 0 unspecified atom stereocenters. The molecule has 0 radical (unpaired) electrons. The Labute approximate surface area is 121 Å². The van der Waals surface area contributed by atoms with E-state index in [4.69, 9.17) is 16.0 Å². The monoisotopic (exact) mass is 294 g/mol. The van der Waals surface area contributed by atoms with Crippen LogP contribution >= 0.6 is 11.6 Å². The summed E-state index contributed by atoms with van der Waals surface area (Å²) in [4.78, 5) is 13.8. The predicted molar refractivity (Wildman–Crippen MR) is 75.6 cm³/mol. The van der Waals surface area contributed by atoms with Gasteiger partial charge in [-0.3, -0.25) is 4.79 Å². The quantitative estimate of drug-likeness (QED) is 0.908. The maximum absolute atomic E-state index is 11.8. The molecule has 1 aromatic heterocycles. The molecule has 0 aliphatic rings. The highest BCUT2D eigenvalue weighted by molar-refractivity contribution is 6.33. The maximum Gasteiger partial charge on any atom is 0.308 e. The summed E-state index contributed by atoms with van der Waals surface area (Å²) in [6.45, 7) is 1.24. The zero-order chi connectivity index (χ0) is 14.5. The molecular weight excluding hydrogens is 280 g/mol. The standard InChI is InChI=1S/C13H15ClN4O2/c1-18(2)8-7-15-11(19)13-17-16-12(20-13)9-5-3-4-6-10(9)14/h3-6H,7-8H2,1-2H3,(H,15,19). The van der Waals surface area contributed by atoms with Gasteiger partial charge in [0, 0.05) is 13.1 Å². The first-order chi connectivity index (χ1) is 9.58. The summed E-state index contributed by atoms with van der Waals surface area (Å²) < 4.78 is 5.34. The lowest BCUT2D eigenvalue weighted by molar-refractivity contribution is 0.0917. The van der Waals surface area contributed by atoms with Crippen LogP contribution in [0.3, 0.4) is 0 Å². The van der Waals surface area contributed by atoms with E-state index in [1.807, 2.05) is 25.1 Å². The van der Waals surface area contributed by atoms with Crippen LogP contribution in [0.25, 0.3) is 11.5 Å². The Balaban J connectivity index is 2.06. The molecule has 0 aliphatic heterocycles. The van der Waals surface area contributed by atoms with Crippen LogP contribution in [0, 0.1) is 0 Å². The summed E-state index contributed by atoms with van der Waals surface area (Å²) in [7, 11) is 3.85. The second-order valence-electron chi connectivity index (χ2n) is 4.45. The topological polar surface area (TPSA) is 71.3 Å². The van der Waals surface area contributed by atoms with Crippen molar-refractivity contribution >= 4 is 17.5 Å². The van der Waals surface area contributed by atoms with E-state index < -0.39 is 5.91 Å². The first-order valence-corrected chi connectivity index (χ1v) is 6.47. The molecule has 0 spiro atoms. The number of hydrogen-bond donors (Lipinski definition) is 1. The first kappa shape index (κ1) is 14.5. The van der Waals surface area contributed by atoms with Gasteiger partial charge in [-0.05, 0) is 26.2 Å². The molecule has 0 saturated carbocycles. The smallest absolute Gasteiger partial charge is 0.308 e. The Kier molecular flexibility index (Phi) is 4.70. The van der Waals surface area contributed by atoms with Crippen LogP contribution in [0.1, 0.15) is 10.7 Å². The lowest BCUT2D eigenvalue weighted by atomic mass is 10.2. The highest BCUT2D eigenvalue weighted by Gasteiger charge is 2.16. The summed E-state index contributed by atoms with van der Waals surface area (Å²) in [5.41, 5.74) is 0.606. The van der Waals surface area contributed by atoms with Crippen LogP contribution in [0.4, 0.5) is 0 Å². The third-order valence-electron chi connectivity index (χ3n) is 2.57. The fraction of sp³-hybridized carbons (Fsp3) is 0.308. The molecule has 2 rings (SSSR count). The highest BCUT2D eigenvalue weighted by Crippen LogP contribution is 2.25. The number of nitrogens with one attached hydrogen (secondary N) is 1. The fourth-order valence-corrected chi connectivity index (χ4v) is 1.74. The van der Waals surface area contributed by atoms with Crippen molar-refractivity contribution in [3.05, 3.63) is 35.2 Å². The van der Waals surface area contributed by atoms with Crippen LogP contribution in [-0.2, 0) is 0 Å². The molecule has 6 nitrogen and oxygen atoms in total. The number of hydrogen-bond acceptors (Lipinski definition) is 5. The van der Waals surface area contributed by atoms with Crippen molar-refractivity contribution in [3.8, 4) is 11.5 Å². The second kappa shape index (κ2) is 6.49. The van der Waals surface area contributed by atoms with E-state index in [9.17, 15) is 4.79 Å². The number of halogens is 1. The second-order valence-corrected chi connectivity index (χ2v) is 4.86. The number of carbonyl (C=O) groups is 1. The third kappa shape index (κ3) is 3.55. The van der Waals surface area contributed by atoms with Crippen molar-refractivity contribution < 1.29 is 9.21 Å². The zero-order valence-electron chi connectivity index (χ0n) is 11.3. The molecule has 0 aliphatic carbocycles. The van der Waals surface area contributed by atoms with E-state index in [-0.39, 0.29) is 11.8 Å². The lowest BCUT2D eigenvalue weighted by Crippen LogP contribution is -2.31. The molecule has 1 amide bonds. The van der Waals surface area contributed by atoms with Crippen molar-refractivity contribution in [1.82, 2.24) is 20.4 Å². The summed E-state index contributed by atoms with van der Waals surface area (Å²) in [5, 5.41) is 10.8. The minimum absolute atomic E-state index is 0.0707. The van der Waals surface area contributed by atoms with Gasteiger partial charge in [-0.1, -0.05) is 23.7 Å². The molecule has 0 bridgehead atoms. The Hall–Kier alpha value is -1.92. The molecule has 0 fully saturated rings. The summed E-state index contributed by atoms with van der Waals surface area (Å²) in [6.07, 6.45) is 0.